The average molecular weight is 302 g/mol. The van der Waals surface area contributed by atoms with E-state index in [4.69, 9.17) is 0 Å². The number of carbonyl (C=O) groups excluding carboxylic acids is 1. The number of hydrogen-bond acceptors (Lipinski definition) is 4. The van der Waals surface area contributed by atoms with Crippen LogP contribution in [0.25, 0.3) is 0 Å². The summed E-state index contributed by atoms with van der Waals surface area (Å²) < 4.78 is 0. The lowest BCUT2D eigenvalue weighted by Crippen LogP contribution is -2.45. The Morgan fingerprint density at radius 1 is 1.23 bits per heavy atom. The highest BCUT2D eigenvalue weighted by Gasteiger charge is 2.24. The van der Waals surface area contributed by atoms with Crippen molar-refractivity contribution in [1.82, 2.24) is 25.7 Å². The van der Waals surface area contributed by atoms with Gasteiger partial charge in [-0.1, -0.05) is 0 Å². The van der Waals surface area contributed by atoms with Gasteiger partial charge in [0.25, 0.3) is 5.91 Å². The highest BCUT2D eigenvalue weighted by molar-refractivity contribution is 5.96. The van der Waals surface area contributed by atoms with E-state index in [9.17, 15) is 4.79 Å². The van der Waals surface area contributed by atoms with E-state index in [-0.39, 0.29) is 11.9 Å². The fourth-order valence-electron chi connectivity index (χ4n) is 2.96. The van der Waals surface area contributed by atoms with Gasteiger partial charge < -0.3 is 10.2 Å². The standard InChI is InChI=1S/C15H22N6O/c1-9-8-13(20-17-9)21-6-4-12(5-7-21)16-15(22)14-10(2)18-19-11(14)3/h8,12H,4-7H2,1-3H3,(H,16,22)(H,17,20)(H,18,19). The van der Waals surface area contributed by atoms with Crippen molar-refractivity contribution in [2.45, 2.75) is 39.7 Å². The van der Waals surface area contributed by atoms with Crippen molar-refractivity contribution < 1.29 is 4.79 Å². The number of rotatable bonds is 3. The molecule has 2 aromatic heterocycles. The van der Waals surface area contributed by atoms with Gasteiger partial charge in [0, 0.05) is 36.6 Å². The molecule has 0 bridgehead atoms. The van der Waals surface area contributed by atoms with Crippen molar-refractivity contribution in [1.29, 1.82) is 0 Å². The van der Waals surface area contributed by atoms with E-state index < -0.39 is 0 Å². The Bertz CT molecular complexity index is 646. The number of aromatic amines is 2. The van der Waals surface area contributed by atoms with Gasteiger partial charge in [0.05, 0.1) is 11.3 Å². The smallest absolute Gasteiger partial charge is 0.255 e. The molecule has 0 aromatic carbocycles. The third-order valence-electron chi connectivity index (χ3n) is 4.20. The molecule has 22 heavy (non-hydrogen) atoms. The summed E-state index contributed by atoms with van der Waals surface area (Å²) in [6.45, 7) is 7.52. The monoisotopic (exact) mass is 302 g/mol. The van der Waals surface area contributed by atoms with Crippen LogP contribution in [0.1, 0.15) is 40.3 Å². The summed E-state index contributed by atoms with van der Waals surface area (Å²) in [4.78, 5) is 14.6. The van der Waals surface area contributed by atoms with Gasteiger partial charge in [-0.15, -0.1) is 0 Å². The van der Waals surface area contributed by atoms with Crippen LogP contribution < -0.4 is 10.2 Å². The van der Waals surface area contributed by atoms with E-state index in [2.05, 4.69) is 36.7 Å². The predicted molar refractivity (Wildman–Crippen MR) is 84.1 cm³/mol. The van der Waals surface area contributed by atoms with Crippen molar-refractivity contribution in [2.24, 2.45) is 0 Å². The number of H-pyrrole nitrogens is 2. The van der Waals surface area contributed by atoms with E-state index in [0.717, 1.165) is 48.8 Å². The minimum absolute atomic E-state index is 0.0298. The molecule has 1 aliphatic heterocycles. The van der Waals surface area contributed by atoms with E-state index >= 15 is 0 Å². The van der Waals surface area contributed by atoms with Crippen LogP contribution in [0.3, 0.4) is 0 Å². The Morgan fingerprint density at radius 3 is 2.50 bits per heavy atom. The van der Waals surface area contributed by atoms with Crippen molar-refractivity contribution in [3.05, 3.63) is 28.7 Å². The lowest BCUT2D eigenvalue weighted by Gasteiger charge is -2.32. The molecular weight excluding hydrogens is 280 g/mol. The number of aromatic nitrogens is 4. The van der Waals surface area contributed by atoms with E-state index in [1.165, 1.54) is 0 Å². The van der Waals surface area contributed by atoms with Crippen LogP contribution in [0, 0.1) is 20.8 Å². The first-order valence-corrected chi connectivity index (χ1v) is 7.64. The second-order valence-corrected chi connectivity index (χ2v) is 5.95. The summed E-state index contributed by atoms with van der Waals surface area (Å²) in [6, 6.07) is 2.26. The first-order chi connectivity index (χ1) is 10.5. The quantitative estimate of drug-likeness (QED) is 0.800. The van der Waals surface area contributed by atoms with Gasteiger partial charge in [-0.05, 0) is 33.6 Å². The molecule has 3 rings (SSSR count). The van der Waals surface area contributed by atoms with Crippen molar-refractivity contribution >= 4 is 11.7 Å². The van der Waals surface area contributed by atoms with Gasteiger partial charge in [-0.3, -0.25) is 15.0 Å². The summed E-state index contributed by atoms with van der Waals surface area (Å²) in [5.74, 6) is 0.960. The number of anilines is 1. The third kappa shape index (κ3) is 2.84. The summed E-state index contributed by atoms with van der Waals surface area (Å²) in [7, 11) is 0. The molecular formula is C15H22N6O. The first-order valence-electron chi connectivity index (χ1n) is 7.64. The van der Waals surface area contributed by atoms with Crippen molar-refractivity contribution in [3.63, 3.8) is 0 Å². The molecule has 1 fully saturated rings. The Balaban J connectivity index is 1.57. The Morgan fingerprint density at radius 2 is 1.95 bits per heavy atom. The zero-order valence-electron chi connectivity index (χ0n) is 13.2. The van der Waals surface area contributed by atoms with E-state index in [1.54, 1.807) is 0 Å². The second kappa shape index (κ2) is 5.82. The van der Waals surface area contributed by atoms with Gasteiger partial charge in [0.1, 0.15) is 0 Å². The maximum absolute atomic E-state index is 12.4. The Hall–Kier alpha value is -2.31. The molecule has 7 heteroatoms. The molecule has 0 saturated carbocycles. The minimum Gasteiger partial charge on any atom is -0.355 e. The number of nitrogens with one attached hydrogen (secondary N) is 3. The number of hydrogen-bond donors (Lipinski definition) is 3. The van der Waals surface area contributed by atoms with Crippen LogP contribution >= 0.6 is 0 Å². The number of piperidine rings is 1. The van der Waals surface area contributed by atoms with Crippen molar-refractivity contribution in [3.8, 4) is 0 Å². The van der Waals surface area contributed by atoms with Gasteiger partial charge >= 0.3 is 0 Å². The molecule has 3 N–H and O–H groups in total. The zero-order valence-corrected chi connectivity index (χ0v) is 13.2. The van der Waals surface area contributed by atoms with Gasteiger partial charge in [-0.25, -0.2) is 0 Å². The van der Waals surface area contributed by atoms with Crippen LogP contribution in [0.5, 0.6) is 0 Å². The molecule has 0 atom stereocenters. The highest BCUT2D eigenvalue weighted by Crippen LogP contribution is 2.19. The molecule has 0 radical (unpaired) electrons. The Labute approximate surface area is 129 Å². The maximum Gasteiger partial charge on any atom is 0.255 e. The van der Waals surface area contributed by atoms with Crippen LogP contribution in [0.15, 0.2) is 6.07 Å². The normalized spacial score (nSPS) is 16.0. The van der Waals surface area contributed by atoms with Gasteiger partial charge in [0.15, 0.2) is 5.82 Å². The van der Waals surface area contributed by atoms with Crippen molar-refractivity contribution in [2.75, 3.05) is 18.0 Å². The third-order valence-corrected chi connectivity index (χ3v) is 4.20. The van der Waals surface area contributed by atoms with E-state index in [0.29, 0.717) is 5.56 Å². The summed E-state index contributed by atoms with van der Waals surface area (Å²) in [5, 5.41) is 17.3. The molecule has 1 aliphatic rings. The lowest BCUT2D eigenvalue weighted by molar-refractivity contribution is 0.0930. The maximum atomic E-state index is 12.4. The fourth-order valence-corrected chi connectivity index (χ4v) is 2.96. The molecule has 7 nitrogen and oxygen atoms in total. The van der Waals surface area contributed by atoms with Gasteiger partial charge in [0.2, 0.25) is 0 Å². The molecule has 1 amide bonds. The predicted octanol–water partition coefficient (Wildman–Crippen LogP) is 1.46. The summed E-state index contributed by atoms with van der Waals surface area (Å²) >= 11 is 0. The topological polar surface area (TPSA) is 89.7 Å². The number of carbonyl (C=O) groups is 1. The summed E-state index contributed by atoms with van der Waals surface area (Å²) in [5.41, 5.74) is 3.31. The lowest BCUT2D eigenvalue weighted by atomic mass is 10.0. The number of aryl methyl sites for hydroxylation is 3. The average Bonchev–Trinajstić information content (AvgIpc) is 3.06. The largest absolute Gasteiger partial charge is 0.355 e. The molecule has 3 heterocycles. The van der Waals surface area contributed by atoms with Crippen LogP contribution in [0.4, 0.5) is 5.82 Å². The van der Waals surface area contributed by atoms with Crippen LogP contribution in [-0.2, 0) is 0 Å². The molecule has 2 aromatic rings. The van der Waals surface area contributed by atoms with Crippen LogP contribution in [0.2, 0.25) is 0 Å². The molecule has 118 valence electrons. The SMILES string of the molecule is Cc1cc(N2CCC(NC(=O)c3c(C)n[nH]c3C)CC2)n[nH]1. The second-order valence-electron chi connectivity index (χ2n) is 5.95. The zero-order chi connectivity index (χ0) is 15.7. The number of nitrogens with zero attached hydrogens (tertiary/aromatic N) is 3. The van der Waals surface area contributed by atoms with Gasteiger partial charge in [-0.2, -0.15) is 10.2 Å². The van der Waals surface area contributed by atoms with E-state index in [1.807, 2.05) is 20.8 Å². The molecule has 0 aliphatic carbocycles. The molecule has 0 unspecified atom stereocenters. The van der Waals surface area contributed by atoms with Crippen LogP contribution in [-0.4, -0.2) is 45.4 Å². The minimum atomic E-state index is -0.0298. The first kappa shape index (κ1) is 14.6. The Kier molecular flexibility index (Phi) is 3.87. The highest BCUT2D eigenvalue weighted by atomic mass is 16.1. The fraction of sp³-hybridized carbons (Fsp3) is 0.533. The number of amides is 1. The molecule has 0 spiro atoms. The molecule has 1 saturated heterocycles. The summed E-state index contributed by atoms with van der Waals surface area (Å²) in [6.07, 6.45) is 1.85.